The first-order valence-corrected chi connectivity index (χ1v) is 14.4. The fraction of sp³-hybridized carbons (Fsp3) is 0.556. The van der Waals surface area contributed by atoms with Crippen LogP contribution < -0.4 is 0 Å². The van der Waals surface area contributed by atoms with Crippen molar-refractivity contribution < 1.29 is 27.2 Å². The van der Waals surface area contributed by atoms with Crippen molar-refractivity contribution in [3.63, 3.8) is 0 Å². The zero-order valence-electron chi connectivity index (χ0n) is 21.7. The number of carbonyl (C=O) groups excluding carboxylic acids is 1. The number of amides is 1. The quantitative estimate of drug-likeness (QED) is 0.584. The number of sulfonamides is 1. The van der Waals surface area contributed by atoms with Crippen LogP contribution in [0.2, 0.25) is 0 Å². The molecule has 3 saturated heterocycles. The lowest BCUT2D eigenvalue weighted by atomic mass is 9.96. The van der Waals surface area contributed by atoms with Crippen LogP contribution in [0.1, 0.15) is 53.8 Å². The van der Waals surface area contributed by atoms with Crippen molar-refractivity contribution in [3.8, 4) is 0 Å². The zero-order chi connectivity index (χ0) is 26.2. The van der Waals surface area contributed by atoms with Gasteiger partial charge in [0.15, 0.2) is 16.4 Å². The number of aromatic nitrogens is 1. The Morgan fingerprint density at radius 1 is 1.08 bits per heavy atom. The average molecular weight is 530 g/mol. The lowest BCUT2D eigenvalue weighted by Crippen LogP contribution is -2.51. The molecule has 10 heteroatoms. The van der Waals surface area contributed by atoms with Crippen LogP contribution in [0.5, 0.6) is 0 Å². The minimum Gasteiger partial charge on any atom is -0.355 e. The molecule has 1 unspecified atom stereocenters. The lowest BCUT2D eigenvalue weighted by Gasteiger charge is -2.40. The van der Waals surface area contributed by atoms with Crippen LogP contribution in [0.25, 0.3) is 12.2 Å². The van der Waals surface area contributed by atoms with Crippen molar-refractivity contribution in [1.82, 2.24) is 14.4 Å². The van der Waals surface area contributed by atoms with Gasteiger partial charge in [-0.2, -0.15) is 4.31 Å². The molecular formula is C27H35N3O6S. The van der Waals surface area contributed by atoms with Gasteiger partial charge >= 0.3 is 0 Å². The summed E-state index contributed by atoms with van der Waals surface area (Å²) in [6.45, 7) is 8.46. The van der Waals surface area contributed by atoms with Gasteiger partial charge in [-0.25, -0.2) is 8.42 Å². The standard InChI is InChI=1S/C27H35N3O6S/c1-19-6-7-20(2)22(17-19)8-9-24-25(21(3)28-36-24)37(32,33)30-12-4-5-23(18-30)26(31)29-13-10-27(11-14-29)34-15-16-35-27/h6-9,17,23H,4-5,10-16,18H2,1-3H3. The number of rotatable bonds is 5. The summed E-state index contributed by atoms with van der Waals surface area (Å²) in [6.07, 6.45) is 6.09. The molecule has 1 atom stereocenters. The molecule has 37 heavy (non-hydrogen) atoms. The number of benzene rings is 1. The van der Waals surface area contributed by atoms with E-state index in [0.29, 0.717) is 64.2 Å². The van der Waals surface area contributed by atoms with Crippen LogP contribution in [0, 0.1) is 26.7 Å². The van der Waals surface area contributed by atoms with Gasteiger partial charge in [-0.15, -0.1) is 0 Å². The van der Waals surface area contributed by atoms with Crippen LogP contribution in [-0.2, 0) is 24.3 Å². The summed E-state index contributed by atoms with van der Waals surface area (Å²) < 4.78 is 45.9. The van der Waals surface area contributed by atoms with Crippen molar-refractivity contribution in [3.05, 3.63) is 46.3 Å². The van der Waals surface area contributed by atoms with Gasteiger partial charge in [0, 0.05) is 39.0 Å². The summed E-state index contributed by atoms with van der Waals surface area (Å²) in [7, 11) is -3.90. The third-order valence-electron chi connectivity index (χ3n) is 7.66. The summed E-state index contributed by atoms with van der Waals surface area (Å²) in [5, 5.41) is 3.96. The second kappa shape index (κ2) is 10.3. The maximum Gasteiger partial charge on any atom is 0.248 e. The predicted molar refractivity (Wildman–Crippen MR) is 138 cm³/mol. The van der Waals surface area contributed by atoms with Crippen LogP contribution in [-0.4, -0.2) is 73.9 Å². The Balaban J connectivity index is 1.31. The SMILES string of the molecule is Cc1ccc(C)c(C=Cc2onc(C)c2S(=O)(=O)N2CCCC(C(=O)N3CCC4(CC3)OCCO4)C2)c1. The molecule has 9 nitrogen and oxygen atoms in total. The fourth-order valence-electron chi connectivity index (χ4n) is 5.51. The van der Waals surface area contributed by atoms with E-state index in [4.69, 9.17) is 14.0 Å². The van der Waals surface area contributed by atoms with Crippen molar-refractivity contribution in [2.75, 3.05) is 39.4 Å². The first kappa shape index (κ1) is 26.1. The van der Waals surface area contributed by atoms with E-state index >= 15 is 0 Å². The minimum absolute atomic E-state index is 0.00447. The van der Waals surface area contributed by atoms with Crippen LogP contribution in [0.4, 0.5) is 0 Å². The van der Waals surface area contributed by atoms with Crippen molar-refractivity contribution >= 4 is 28.1 Å². The van der Waals surface area contributed by atoms with Crippen LogP contribution >= 0.6 is 0 Å². The molecule has 1 aromatic heterocycles. The highest BCUT2D eigenvalue weighted by Gasteiger charge is 2.43. The Hall–Kier alpha value is -2.53. The molecule has 5 rings (SSSR count). The molecule has 0 N–H and O–H groups in total. The fourth-order valence-corrected chi connectivity index (χ4v) is 7.28. The largest absolute Gasteiger partial charge is 0.355 e. The highest BCUT2D eigenvalue weighted by Crippen LogP contribution is 2.34. The maximum atomic E-state index is 13.8. The van der Waals surface area contributed by atoms with Gasteiger partial charge in [-0.1, -0.05) is 35.0 Å². The van der Waals surface area contributed by atoms with Gasteiger partial charge in [-0.05, 0) is 50.8 Å². The maximum absolute atomic E-state index is 13.8. The van der Waals surface area contributed by atoms with E-state index in [0.717, 1.165) is 16.7 Å². The van der Waals surface area contributed by atoms with E-state index in [9.17, 15) is 13.2 Å². The van der Waals surface area contributed by atoms with E-state index in [1.807, 2.05) is 43.0 Å². The monoisotopic (exact) mass is 529 g/mol. The van der Waals surface area contributed by atoms with Gasteiger partial charge in [-0.3, -0.25) is 4.79 Å². The van der Waals surface area contributed by atoms with Crippen molar-refractivity contribution in [2.24, 2.45) is 5.92 Å². The van der Waals surface area contributed by atoms with E-state index in [-0.39, 0.29) is 29.0 Å². The Labute approximate surface area is 218 Å². The highest BCUT2D eigenvalue weighted by molar-refractivity contribution is 7.89. The number of nitrogens with zero attached hydrogens (tertiary/aromatic N) is 3. The van der Waals surface area contributed by atoms with Gasteiger partial charge in [0.2, 0.25) is 15.9 Å². The summed E-state index contributed by atoms with van der Waals surface area (Å²) in [4.78, 5) is 15.2. The van der Waals surface area contributed by atoms with E-state index in [1.165, 1.54) is 4.31 Å². The van der Waals surface area contributed by atoms with E-state index in [2.05, 4.69) is 5.16 Å². The van der Waals surface area contributed by atoms with Gasteiger partial charge < -0.3 is 18.9 Å². The minimum atomic E-state index is -3.90. The smallest absolute Gasteiger partial charge is 0.248 e. The van der Waals surface area contributed by atoms with Crippen LogP contribution in [0.3, 0.4) is 0 Å². The van der Waals surface area contributed by atoms with Crippen LogP contribution in [0.15, 0.2) is 27.6 Å². The summed E-state index contributed by atoms with van der Waals surface area (Å²) in [5.74, 6) is -0.725. The molecule has 200 valence electrons. The molecule has 3 fully saturated rings. The normalized spacial score (nSPS) is 22.8. The molecule has 0 radical (unpaired) electrons. The van der Waals surface area contributed by atoms with Crippen molar-refractivity contribution in [1.29, 1.82) is 0 Å². The molecule has 1 spiro atoms. The Morgan fingerprint density at radius 2 is 1.81 bits per heavy atom. The molecular weight excluding hydrogens is 494 g/mol. The number of hydrogen-bond donors (Lipinski definition) is 0. The predicted octanol–water partition coefficient (Wildman–Crippen LogP) is 3.54. The zero-order valence-corrected chi connectivity index (χ0v) is 22.6. The van der Waals surface area contributed by atoms with E-state index in [1.54, 1.807) is 13.0 Å². The Morgan fingerprint density at radius 3 is 2.54 bits per heavy atom. The Bertz CT molecular complexity index is 1290. The second-order valence-electron chi connectivity index (χ2n) is 10.3. The molecule has 0 saturated carbocycles. The average Bonchev–Trinajstić information content (AvgIpc) is 3.51. The van der Waals surface area contributed by atoms with Gasteiger partial charge in [0.25, 0.3) is 0 Å². The molecule has 3 aliphatic heterocycles. The van der Waals surface area contributed by atoms with Gasteiger partial charge in [0.1, 0.15) is 5.69 Å². The molecule has 3 aliphatic rings. The third-order valence-corrected chi connectivity index (χ3v) is 9.69. The highest BCUT2D eigenvalue weighted by atomic mass is 32.2. The third kappa shape index (κ3) is 5.25. The number of aryl methyl sites for hydroxylation is 3. The summed E-state index contributed by atoms with van der Waals surface area (Å²) >= 11 is 0. The number of ether oxygens (including phenoxy) is 2. The second-order valence-corrected chi connectivity index (χ2v) is 12.2. The topological polar surface area (TPSA) is 102 Å². The number of carbonyl (C=O) groups is 1. The first-order chi connectivity index (χ1) is 17.7. The van der Waals surface area contributed by atoms with Crippen molar-refractivity contribution in [2.45, 2.75) is 57.1 Å². The van der Waals surface area contributed by atoms with Gasteiger partial charge in [0.05, 0.1) is 19.1 Å². The molecule has 1 aromatic carbocycles. The number of piperidine rings is 2. The molecule has 0 aliphatic carbocycles. The summed E-state index contributed by atoms with van der Waals surface area (Å²) in [5.41, 5.74) is 3.49. The number of likely N-dealkylation sites (tertiary alicyclic amines) is 1. The first-order valence-electron chi connectivity index (χ1n) is 13.0. The lowest BCUT2D eigenvalue weighted by molar-refractivity contribution is -0.188. The molecule has 4 heterocycles. The molecule has 2 aromatic rings. The summed E-state index contributed by atoms with van der Waals surface area (Å²) in [6, 6.07) is 6.10. The number of hydrogen-bond acceptors (Lipinski definition) is 7. The molecule has 0 bridgehead atoms. The van der Waals surface area contributed by atoms with E-state index < -0.39 is 15.8 Å². The molecule has 1 amide bonds. The Kier molecular flexibility index (Phi) is 7.28.